The molecule has 1 rings (SSSR count). The molecule has 0 atom stereocenters. The van der Waals surface area contributed by atoms with E-state index in [9.17, 15) is 4.79 Å². The maximum absolute atomic E-state index is 11.3. The number of ether oxygens (including phenoxy) is 1. The molecule has 1 aromatic rings. The first-order valence-electron chi connectivity index (χ1n) is 6.41. The SMILES string of the molecule is CCCC(C)(C)NCc1ccc(C(=O)OC)cc1. The zero-order valence-corrected chi connectivity index (χ0v) is 11.7. The van der Waals surface area contributed by atoms with Gasteiger partial charge in [0.05, 0.1) is 12.7 Å². The highest BCUT2D eigenvalue weighted by atomic mass is 16.5. The second-order valence-corrected chi connectivity index (χ2v) is 5.18. The molecule has 1 aromatic carbocycles. The van der Waals surface area contributed by atoms with Gasteiger partial charge in [0.25, 0.3) is 0 Å². The average molecular weight is 249 g/mol. The fourth-order valence-electron chi connectivity index (χ4n) is 1.93. The minimum Gasteiger partial charge on any atom is -0.465 e. The lowest BCUT2D eigenvalue weighted by Crippen LogP contribution is -2.38. The van der Waals surface area contributed by atoms with Gasteiger partial charge in [-0.25, -0.2) is 4.79 Å². The first kappa shape index (κ1) is 14.7. The molecule has 0 unspecified atom stereocenters. The molecule has 0 spiro atoms. The number of nitrogens with one attached hydrogen (secondary N) is 1. The molecule has 18 heavy (non-hydrogen) atoms. The molecule has 3 heteroatoms. The van der Waals surface area contributed by atoms with Crippen molar-refractivity contribution in [3.63, 3.8) is 0 Å². The highest BCUT2D eigenvalue weighted by Gasteiger charge is 2.15. The van der Waals surface area contributed by atoms with Crippen LogP contribution in [0.2, 0.25) is 0 Å². The molecule has 0 aromatic heterocycles. The van der Waals surface area contributed by atoms with Crippen molar-refractivity contribution in [2.24, 2.45) is 0 Å². The topological polar surface area (TPSA) is 38.3 Å². The quantitative estimate of drug-likeness (QED) is 0.787. The minimum absolute atomic E-state index is 0.149. The molecule has 0 heterocycles. The number of carbonyl (C=O) groups excluding carboxylic acids is 1. The van der Waals surface area contributed by atoms with Gasteiger partial charge in [-0.2, -0.15) is 0 Å². The lowest BCUT2D eigenvalue weighted by Gasteiger charge is -2.26. The predicted molar refractivity (Wildman–Crippen MR) is 73.6 cm³/mol. The van der Waals surface area contributed by atoms with Gasteiger partial charge >= 0.3 is 5.97 Å². The predicted octanol–water partition coefficient (Wildman–Crippen LogP) is 3.14. The Morgan fingerprint density at radius 2 is 1.89 bits per heavy atom. The van der Waals surface area contributed by atoms with Crippen molar-refractivity contribution < 1.29 is 9.53 Å². The summed E-state index contributed by atoms with van der Waals surface area (Å²) in [4.78, 5) is 11.3. The summed E-state index contributed by atoms with van der Waals surface area (Å²) in [6.07, 6.45) is 2.31. The van der Waals surface area contributed by atoms with Gasteiger partial charge in [0.15, 0.2) is 0 Å². The number of carbonyl (C=O) groups is 1. The van der Waals surface area contributed by atoms with Crippen LogP contribution in [0, 0.1) is 0 Å². The monoisotopic (exact) mass is 249 g/mol. The highest BCUT2D eigenvalue weighted by Crippen LogP contribution is 2.12. The van der Waals surface area contributed by atoms with Gasteiger partial charge in [-0.15, -0.1) is 0 Å². The summed E-state index contributed by atoms with van der Waals surface area (Å²) in [6, 6.07) is 7.52. The summed E-state index contributed by atoms with van der Waals surface area (Å²) in [5.41, 5.74) is 1.91. The number of hydrogen-bond donors (Lipinski definition) is 1. The Morgan fingerprint density at radius 3 is 2.39 bits per heavy atom. The van der Waals surface area contributed by atoms with Crippen LogP contribution < -0.4 is 5.32 Å². The number of esters is 1. The number of benzene rings is 1. The Bertz CT molecular complexity index is 382. The van der Waals surface area contributed by atoms with Crippen molar-refractivity contribution in [1.82, 2.24) is 5.32 Å². The van der Waals surface area contributed by atoms with Gasteiger partial charge in [-0.1, -0.05) is 25.5 Å². The summed E-state index contributed by atoms with van der Waals surface area (Å²) >= 11 is 0. The fraction of sp³-hybridized carbons (Fsp3) is 0.533. The lowest BCUT2D eigenvalue weighted by molar-refractivity contribution is 0.0600. The molecule has 0 amide bonds. The molecule has 3 nitrogen and oxygen atoms in total. The first-order chi connectivity index (χ1) is 8.48. The Labute approximate surface area is 110 Å². The normalized spacial score (nSPS) is 11.3. The molecule has 0 aliphatic heterocycles. The summed E-state index contributed by atoms with van der Waals surface area (Å²) in [5.74, 6) is -0.291. The van der Waals surface area contributed by atoms with E-state index in [1.54, 1.807) is 12.1 Å². The van der Waals surface area contributed by atoms with E-state index < -0.39 is 0 Å². The Balaban J connectivity index is 2.56. The zero-order valence-electron chi connectivity index (χ0n) is 11.7. The van der Waals surface area contributed by atoms with Crippen LogP contribution in [0.5, 0.6) is 0 Å². The van der Waals surface area contributed by atoms with Crippen molar-refractivity contribution >= 4 is 5.97 Å². The molecule has 100 valence electrons. The van der Waals surface area contributed by atoms with Gasteiger partial charge in [0.2, 0.25) is 0 Å². The van der Waals surface area contributed by atoms with Crippen LogP contribution in [0.4, 0.5) is 0 Å². The second kappa shape index (κ2) is 6.55. The average Bonchev–Trinajstić information content (AvgIpc) is 2.36. The van der Waals surface area contributed by atoms with Crippen molar-refractivity contribution in [3.8, 4) is 0 Å². The Morgan fingerprint density at radius 1 is 1.28 bits per heavy atom. The number of rotatable bonds is 6. The van der Waals surface area contributed by atoms with E-state index in [4.69, 9.17) is 0 Å². The highest BCUT2D eigenvalue weighted by molar-refractivity contribution is 5.89. The van der Waals surface area contributed by atoms with Crippen molar-refractivity contribution in [2.75, 3.05) is 7.11 Å². The third kappa shape index (κ3) is 4.49. The summed E-state index contributed by atoms with van der Waals surface area (Å²) in [5, 5.41) is 3.52. The molecule has 0 saturated heterocycles. The molecule has 1 N–H and O–H groups in total. The lowest BCUT2D eigenvalue weighted by atomic mass is 9.98. The van der Waals surface area contributed by atoms with Gasteiger partial charge < -0.3 is 10.1 Å². The van der Waals surface area contributed by atoms with Crippen LogP contribution in [-0.4, -0.2) is 18.6 Å². The van der Waals surface area contributed by atoms with Crippen LogP contribution >= 0.6 is 0 Å². The van der Waals surface area contributed by atoms with E-state index in [-0.39, 0.29) is 11.5 Å². The minimum atomic E-state index is -0.291. The maximum atomic E-state index is 11.3. The van der Waals surface area contributed by atoms with Crippen LogP contribution in [-0.2, 0) is 11.3 Å². The first-order valence-corrected chi connectivity index (χ1v) is 6.41. The van der Waals surface area contributed by atoms with Crippen LogP contribution in [0.25, 0.3) is 0 Å². The van der Waals surface area contributed by atoms with E-state index in [1.807, 2.05) is 12.1 Å². The van der Waals surface area contributed by atoms with E-state index in [1.165, 1.54) is 19.1 Å². The maximum Gasteiger partial charge on any atom is 0.337 e. The van der Waals surface area contributed by atoms with Crippen molar-refractivity contribution in [2.45, 2.75) is 45.7 Å². The number of methoxy groups -OCH3 is 1. The molecule has 0 saturated carbocycles. The molecule has 0 aliphatic rings. The third-order valence-electron chi connectivity index (χ3n) is 3.02. The van der Waals surface area contributed by atoms with E-state index in [0.717, 1.165) is 13.0 Å². The Kier molecular flexibility index (Phi) is 5.35. The Hall–Kier alpha value is -1.35. The van der Waals surface area contributed by atoms with E-state index in [0.29, 0.717) is 5.56 Å². The molecule has 0 fully saturated rings. The molecule has 0 radical (unpaired) electrons. The summed E-state index contributed by atoms with van der Waals surface area (Å²) in [7, 11) is 1.39. The van der Waals surface area contributed by atoms with Crippen LogP contribution in [0.15, 0.2) is 24.3 Å². The molecule has 0 aliphatic carbocycles. The summed E-state index contributed by atoms with van der Waals surface area (Å²) < 4.78 is 4.67. The van der Waals surface area contributed by atoms with Crippen molar-refractivity contribution in [1.29, 1.82) is 0 Å². The third-order valence-corrected chi connectivity index (χ3v) is 3.02. The van der Waals surface area contributed by atoms with Gasteiger partial charge in [0.1, 0.15) is 0 Å². The number of hydrogen-bond acceptors (Lipinski definition) is 3. The summed E-state index contributed by atoms with van der Waals surface area (Å²) in [6.45, 7) is 7.42. The molecule has 0 bridgehead atoms. The molecular weight excluding hydrogens is 226 g/mol. The molecular formula is C15H23NO2. The van der Waals surface area contributed by atoms with Crippen LogP contribution in [0.1, 0.15) is 49.5 Å². The smallest absolute Gasteiger partial charge is 0.337 e. The largest absolute Gasteiger partial charge is 0.465 e. The second-order valence-electron chi connectivity index (χ2n) is 5.18. The van der Waals surface area contributed by atoms with Crippen LogP contribution in [0.3, 0.4) is 0 Å². The van der Waals surface area contributed by atoms with Gasteiger partial charge in [-0.3, -0.25) is 0 Å². The van der Waals surface area contributed by atoms with E-state index in [2.05, 4.69) is 30.8 Å². The van der Waals surface area contributed by atoms with E-state index >= 15 is 0 Å². The standard InChI is InChI=1S/C15H23NO2/c1-5-10-15(2,3)16-11-12-6-8-13(9-7-12)14(17)18-4/h6-9,16H,5,10-11H2,1-4H3. The van der Waals surface area contributed by atoms with Gasteiger partial charge in [0, 0.05) is 12.1 Å². The fourth-order valence-corrected chi connectivity index (χ4v) is 1.93. The van der Waals surface area contributed by atoms with Gasteiger partial charge in [-0.05, 0) is 38.0 Å². The zero-order chi connectivity index (χ0) is 13.6. The van der Waals surface area contributed by atoms with Crippen molar-refractivity contribution in [3.05, 3.63) is 35.4 Å².